The standard InChI is InChI=1S/C18H16N2O4S.C9H6ClNO3S.C9H11NO/c21-11-12-3-1-5-16-13(12)8-10-20(16)25(23,24)17-6-2-4-15-14(17)7-9-19-18(15)22;10-15(13,14)8-3-1-2-7-6(8)4-5-11-9(7)12;11-6-7-2-1-3-9-8(7)4-5-10-9/h1-7,9,21H,8,10-11H2,(H,19,22);1-5H,(H,11,12);1-3,10-11H,4-6H2. The Morgan fingerprint density at radius 1 is 0.647 bits per heavy atom. The van der Waals surface area contributed by atoms with E-state index in [-0.39, 0.29) is 34.1 Å². The highest BCUT2D eigenvalue weighted by atomic mass is 35.7. The summed E-state index contributed by atoms with van der Waals surface area (Å²) in [5.74, 6) is 0. The number of aromatic amines is 2. The number of hydrogen-bond donors (Lipinski definition) is 5. The van der Waals surface area contributed by atoms with Crippen LogP contribution < -0.4 is 20.7 Å². The van der Waals surface area contributed by atoms with Gasteiger partial charge in [0.1, 0.15) is 0 Å². The number of pyridine rings is 2. The summed E-state index contributed by atoms with van der Waals surface area (Å²) in [6, 6.07) is 23.5. The van der Waals surface area contributed by atoms with Crippen molar-refractivity contribution in [1.29, 1.82) is 0 Å². The highest BCUT2D eigenvalue weighted by molar-refractivity contribution is 8.14. The summed E-state index contributed by atoms with van der Waals surface area (Å²) in [7, 11) is -2.40. The number of nitrogens with one attached hydrogen (secondary N) is 3. The molecular formula is C36H33ClN4O8S2. The summed E-state index contributed by atoms with van der Waals surface area (Å²) in [5, 5.41) is 23.1. The lowest BCUT2D eigenvalue weighted by Gasteiger charge is -2.21. The molecule has 0 saturated heterocycles. The summed E-state index contributed by atoms with van der Waals surface area (Å²) in [6.45, 7) is 1.35. The molecule has 0 saturated carbocycles. The number of aliphatic hydroxyl groups is 2. The Kier molecular flexibility index (Phi) is 10.3. The van der Waals surface area contributed by atoms with Crippen molar-refractivity contribution in [3.63, 3.8) is 0 Å². The number of benzene rings is 4. The van der Waals surface area contributed by atoms with Gasteiger partial charge >= 0.3 is 0 Å². The maximum absolute atomic E-state index is 13.3. The second kappa shape index (κ2) is 14.7. The van der Waals surface area contributed by atoms with Gasteiger partial charge in [-0.15, -0.1) is 0 Å². The van der Waals surface area contributed by atoms with Crippen LogP contribution in [-0.2, 0) is 45.1 Å². The molecule has 4 heterocycles. The predicted molar refractivity (Wildman–Crippen MR) is 197 cm³/mol. The Bertz CT molecular complexity index is 2610. The Morgan fingerprint density at radius 3 is 1.80 bits per heavy atom. The van der Waals surface area contributed by atoms with E-state index in [0.717, 1.165) is 29.7 Å². The predicted octanol–water partition coefficient (Wildman–Crippen LogP) is 4.37. The second-order valence-electron chi connectivity index (χ2n) is 11.7. The number of H-pyrrole nitrogens is 2. The minimum Gasteiger partial charge on any atom is -0.392 e. The molecule has 51 heavy (non-hydrogen) atoms. The molecular weight excluding hydrogens is 716 g/mol. The molecule has 0 bridgehead atoms. The number of aliphatic hydroxyl groups excluding tert-OH is 2. The quantitative estimate of drug-likeness (QED) is 0.159. The zero-order chi connectivity index (χ0) is 36.3. The van der Waals surface area contributed by atoms with E-state index in [2.05, 4.69) is 21.4 Å². The molecule has 0 amide bonds. The maximum atomic E-state index is 13.3. The van der Waals surface area contributed by atoms with E-state index >= 15 is 0 Å². The average molecular weight is 749 g/mol. The van der Waals surface area contributed by atoms with Gasteiger partial charge in [-0.3, -0.25) is 13.9 Å². The van der Waals surface area contributed by atoms with Gasteiger partial charge in [0, 0.05) is 63.4 Å². The third-order valence-corrected chi connectivity index (χ3v) is 12.0. The van der Waals surface area contributed by atoms with Gasteiger partial charge in [0.15, 0.2) is 0 Å². The fourth-order valence-corrected chi connectivity index (χ4v) is 9.17. The molecule has 0 atom stereocenters. The van der Waals surface area contributed by atoms with Crippen LogP contribution in [0, 0.1) is 0 Å². The Morgan fingerprint density at radius 2 is 1.20 bits per heavy atom. The SMILES string of the molecule is O=c1[nH]ccc2c(S(=O)(=O)Cl)cccc12.O=c1[nH]ccc2c(S(=O)(=O)N3CCc4c(CO)cccc43)cccc12.OCc1cccc2c1CCN2. The first-order valence-corrected chi connectivity index (χ1v) is 19.6. The Labute approximate surface area is 297 Å². The van der Waals surface area contributed by atoms with Crippen LogP contribution in [0.2, 0.25) is 0 Å². The monoisotopic (exact) mass is 748 g/mol. The van der Waals surface area contributed by atoms with Gasteiger partial charge in [-0.1, -0.05) is 36.4 Å². The zero-order valence-electron chi connectivity index (χ0n) is 27.0. The number of rotatable bonds is 5. The van der Waals surface area contributed by atoms with E-state index in [4.69, 9.17) is 15.8 Å². The highest BCUT2D eigenvalue weighted by Gasteiger charge is 2.33. The largest absolute Gasteiger partial charge is 0.392 e. The van der Waals surface area contributed by atoms with Crippen LogP contribution in [0.1, 0.15) is 22.3 Å². The molecule has 6 aromatic rings. The molecule has 12 nitrogen and oxygen atoms in total. The Balaban J connectivity index is 0.000000146. The highest BCUT2D eigenvalue weighted by Crippen LogP contribution is 2.36. The van der Waals surface area contributed by atoms with Gasteiger partial charge in [-0.2, -0.15) is 0 Å². The van der Waals surface area contributed by atoms with Crippen LogP contribution >= 0.6 is 10.7 Å². The average Bonchev–Trinajstić information content (AvgIpc) is 3.80. The van der Waals surface area contributed by atoms with Crippen molar-refractivity contribution < 1.29 is 27.0 Å². The van der Waals surface area contributed by atoms with E-state index in [0.29, 0.717) is 40.2 Å². The third kappa shape index (κ3) is 7.14. The fraction of sp³-hybridized carbons (Fsp3) is 0.167. The Hall–Kier alpha value is -4.99. The molecule has 0 fully saturated rings. The second-order valence-corrected chi connectivity index (χ2v) is 16.0. The molecule has 5 N–H and O–H groups in total. The summed E-state index contributed by atoms with van der Waals surface area (Å²) >= 11 is 0. The first-order valence-electron chi connectivity index (χ1n) is 15.8. The van der Waals surface area contributed by atoms with Gasteiger partial charge < -0.3 is 25.5 Å². The van der Waals surface area contributed by atoms with Crippen molar-refractivity contribution in [3.05, 3.63) is 140 Å². The van der Waals surface area contributed by atoms with Crippen molar-refractivity contribution in [1.82, 2.24) is 9.97 Å². The lowest BCUT2D eigenvalue weighted by atomic mass is 10.1. The third-order valence-electron chi connectivity index (χ3n) is 8.77. The van der Waals surface area contributed by atoms with Gasteiger partial charge in [-0.05, 0) is 83.6 Å². The number of fused-ring (bicyclic) bond motifs is 4. The van der Waals surface area contributed by atoms with E-state index in [1.807, 2.05) is 12.1 Å². The van der Waals surface area contributed by atoms with Crippen molar-refractivity contribution in [2.45, 2.75) is 35.8 Å². The molecule has 0 unspecified atom stereocenters. The van der Waals surface area contributed by atoms with E-state index in [9.17, 15) is 31.5 Å². The normalized spacial score (nSPS) is 13.4. The molecule has 15 heteroatoms. The molecule has 2 aliphatic rings. The number of sulfonamides is 1. The van der Waals surface area contributed by atoms with Crippen LogP contribution in [0.15, 0.2) is 117 Å². The minimum atomic E-state index is -3.83. The van der Waals surface area contributed by atoms with Gasteiger partial charge in [0.2, 0.25) is 0 Å². The van der Waals surface area contributed by atoms with Crippen molar-refractivity contribution in [3.8, 4) is 0 Å². The maximum Gasteiger partial charge on any atom is 0.264 e. The first kappa shape index (κ1) is 35.8. The van der Waals surface area contributed by atoms with Crippen LogP contribution in [0.3, 0.4) is 0 Å². The molecule has 4 aromatic carbocycles. The van der Waals surface area contributed by atoms with Gasteiger partial charge in [0.05, 0.1) is 28.7 Å². The topological polar surface area (TPSA) is 190 Å². The van der Waals surface area contributed by atoms with Crippen LogP contribution in [-0.4, -0.2) is 50.1 Å². The number of aromatic nitrogens is 2. The summed E-state index contributed by atoms with van der Waals surface area (Å²) in [6.07, 6.45) is 4.43. The van der Waals surface area contributed by atoms with Gasteiger partial charge in [-0.25, -0.2) is 16.8 Å². The molecule has 2 aromatic heterocycles. The molecule has 0 aliphatic carbocycles. The molecule has 0 spiro atoms. The fourth-order valence-electron chi connectivity index (χ4n) is 6.38. The number of hydrogen-bond acceptors (Lipinski definition) is 9. The van der Waals surface area contributed by atoms with Crippen molar-refractivity contribution in [2.75, 3.05) is 22.7 Å². The molecule has 8 rings (SSSR count). The lowest BCUT2D eigenvalue weighted by molar-refractivity contribution is 0.280. The molecule has 0 radical (unpaired) electrons. The van der Waals surface area contributed by atoms with Crippen molar-refractivity contribution >= 4 is 62.7 Å². The van der Waals surface area contributed by atoms with Gasteiger partial charge in [0.25, 0.3) is 30.2 Å². The van der Waals surface area contributed by atoms with E-state index < -0.39 is 19.1 Å². The summed E-state index contributed by atoms with van der Waals surface area (Å²) in [5.41, 5.74) is 5.07. The smallest absolute Gasteiger partial charge is 0.264 e. The first-order chi connectivity index (χ1) is 24.5. The number of nitrogens with zero attached hydrogens (tertiary/aromatic N) is 1. The molecule has 264 valence electrons. The minimum absolute atomic E-state index is 0.0484. The zero-order valence-corrected chi connectivity index (χ0v) is 29.4. The van der Waals surface area contributed by atoms with Crippen molar-refractivity contribution in [2.24, 2.45) is 0 Å². The molecule has 2 aliphatic heterocycles. The van der Waals surface area contributed by atoms with E-state index in [1.165, 1.54) is 52.2 Å². The van der Waals surface area contributed by atoms with E-state index in [1.54, 1.807) is 42.5 Å². The summed E-state index contributed by atoms with van der Waals surface area (Å²) < 4.78 is 50.3. The number of anilines is 2. The van der Waals surface area contributed by atoms with Crippen LogP contribution in [0.25, 0.3) is 21.5 Å². The number of halogens is 1. The lowest BCUT2D eigenvalue weighted by Crippen LogP contribution is -2.29. The van der Waals surface area contributed by atoms with Crippen LogP contribution in [0.5, 0.6) is 0 Å². The van der Waals surface area contributed by atoms with Crippen LogP contribution in [0.4, 0.5) is 11.4 Å². The summed E-state index contributed by atoms with van der Waals surface area (Å²) in [4.78, 5) is 28.4.